The summed E-state index contributed by atoms with van der Waals surface area (Å²) in [7, 11) is 0. The molecule has 1 unspecified atom stereocenters. The molecule has 0 spiro atoms. The standard InChI is InChI=1S/C26H33N3O/c1-20-14-24-9-13-29(26(30)16-25(24)15-21(20)2)19-23-8-5-12-28(18-23)11-4-7-22-6-3-10-27-17-22/h3,6,9-10,13-15,17,23H,4-5,7-8,11-12,16,18-19H2,1-2H3. The van der Waals surface area contributed by atoms with Crippen molar-refractivity contribution in [1.29, 1.82) is 0 Å². The fraction of sp³-hybridized carbons (Fsp3) is 0.462. The van der Waals surface area contributed by atoms with Gasteiger partial charge in [0.15, 0.2) is 0 Å². The molecule has 0 bridgehead atoms. The van der Waals surface area contributed by atoms with Gasteiger partial charge >= 0.3 is 0 Å². The predicted octanol–water partition coefficient (Wildman–Crippen LogP) is 4.40. The molecule has 0 radical (unpaired) electrons. The maximum atomic E-state index is 12.9. The fourth-order valence-corrected chi connectivity index (χ4v) is 4.72. The van der Waals surface area contributed by atoms with Crippen molar-refractivity contribution in [1.82, 2.24) is 14.8 Å². The fourth-order valence-electron chi connectivity index (χ4n) is 4.72. The smallest absolute Gasteiger partial charge is 0.230 e. The molecule has 3 heterocycles. The number of likely N-dealkylation sites (tertiary alicyclic amines) is 1. The second-order valence-electron chi connectivity index (χ2n) is 8.95. The second kappa shape index (κ2) is 9.57. The van der Waals surface area contributed by atoms with Crippen LogP contribution in [0.2, 0.25) is 0 Å². The molecule has 2 aromatic rings. The molecule has 1 amide bonds. The molecule has 0 aliphatic carbocycles. The van der Waals surface area contributed by atoms with Crippen LogP contribution < -0.4 is 0 Å². The van der Waals surface area contributed by atoms with E-state index in [0.29, 0.717) is 12.3 Å². The zero-order valence-electron chi connectivity index (χ0n) is 18.3. The number of rotatable bonds is 6. The van der Waals surface area contributed by atoms with Crippen molar-refractivity contribution in [2.24, 2.45) is 5.92 Å². The zero-order chi connectivity index (χ0) is 20.9. The molecule has 2 aliphatic heterocycles. The van der Waals surface area contributed by atoms with Crippen LogP contribution in [-0.4, -0.2) is 46.9 Å². The van der Waals surface area contributed by atoms with E-state index in [1.807, 2.05) is 29.6 Å². The highest BCUT2D eigenvalue weighted by atomic mass is 16.2. The largest absolute Gasteiger partial charge is 0.318 e. The number of fused-ring (bicyclic) bond motifs is 1. The summed E-state index contributed by atoms with van der Waals surface area (Å²) >= 11 is 0. The summed E-state index contributed by atoms with van der Waals surface area (Å²) in [5.41, 5.74) is 6.21. The van der Waals surface area contributed by atoms with Gasteiger partial charge in [-0.1, -0.05) is 18.2 Å². The lowest BCUT2D eigenvalue weighted by Crippen LogP contribution is -2.41. The highest BCUT2D eigenvalue weighted by Gasteiger charge is 2.25. The zero-order valence-corrected chi connectivity index (χ0v) is 18.3. The predicted molar refractivity (Wildman–Crippen MR) is 122 cm³/mol. The number of carbonyl (C=O) groups is 1. The summed E-state index contributed by atoms with van der Waals surface area (Å²) in [5.74, 6) is 0.775. The quantitative estimate of drug-likeness (QED) is 0.717. The Morgan fingerprint density at radius 1 is 1.20 bits per heavy atom. The van der Waals surface area contributed by atoms with Crippen molar-refractivity contribution in [3.8, 4) is 0 Å². The highest BCUT2D eigenvalue weighted by molar-refractivity contribution is 5.83. The first kappa shape index (κ1) is 20.8. The number of pyridine rings is 1. The summed E-state index contributed by atoms with van der Waals surface area (Å²) in [6, 6.07) is 8.56. The Hall–Kier alpha value is -2.46. The number of benzene rings is 1. The van der Waals surface area contributed by atoms with E-state index in [-0.39, 0.29) is 5.91 Å². The molecule has 30 heavy (non-hydrogen) atoms. The summed E-state index contributed by atoms with van der Waals surface area (Å²) in [6.07, 6.45) is 13.1. The van der Waals surface area contributed by atoms with Crippen molar-refractivity contribution in [2.75, 3.05) is 26.2 Å². The molecule has 1 aromatic carbocycles. The molecule has 1 saturated heterocycles. The summed E-state index contributed by atoms with van der Waals surface area (Å²) in [6.45, 7) is 8.49. The number of hydrogen-bond acceptors (Lipinski definition) is 3. The van der Waals surface area contributed by atoms with E-state index in [1.54, 1.807) is 0 Å². The summed E-state index contributed by atoms with van der Waals surface area (Å²) < 4.78 is 0. The number of aryl methyl sites for hydroxylation is 3. The first-order valence-corrected chi connectivity index (χ1v) is 11.3. The molecular formula is C26H33N3O. The lowest BCUT2D eigenvalue weighted by Gasteiger charge is -2.34. The van der Waals surface area contributed by atoms with Gasteiger partial charge in [-0.25, -0.2) is 0 Å². The third kappa shape index (κ3) is 5.17. The van der Waals surface area contributed by atoms with E-state index in [2.05, 4.69) is 48.0 Å². The second-order valence-corrected chi connectivity index (χ2v) is 8.95. The van der Waals surface area contributed by atoms with Crippen LogP contribution in [0.3, 0.4) is 0 Å². The first-order chi connectivity index (χ1) is 14.6. The number of aromatic nitrogens is 1. The number of nitrogens with zero attached hydrogens (tertiary/aromatic N) is 3. The minimum Gasteiger partial charge on any atom is -0.318 e. The summed E-state index contributed by atoms with van der Waals surface area (Å²) in [5, 5.41) is 0. The molecular weight excluding hydrogens is 370 g/mol. The minimum absolute atomic E-state index is 0.224. The first-order valence-electron chi connectivity index (χ1n) is 11.3. The minimum atomic E-state index is 0.224. The van der Waals surface area contributed by atoms with E-state index in [1.165, 1.54) is 41.6 Å². The van der Waals surface area contributed by atoms with Gasteiger partial charge in [-0.05, 0) is 98.5 Å². The van der Waals surface area contributed by atoms with Crippen LogP contribution in [0.25, 0.3) is 6.08 Å². The van der Waals surface area contributed by atoms with Crippen molar-refractivity contribution >= 4 is 12.0 Å². The van der Waals surface area contributed by atoms with E-state index in [4.69, 9.17) is 0 Å². The van der Waals surface area contributed by atoms with Crippen LogP contribution in [-0.2, 0) is 17.6 Å². The SMILES string of the molecule is Cc1cc2c(cc1C)CC(=O)N(CC1CCCN(CCCc3cccnc3)C1)C=C2. The van der Waals surface area contributed by atoms with Gasteiger partial charge in [0.25, 0.3) is 0 Å². The van der Waals surface area contributed by atoms with Crippen LogP contribution in [0.5, 0.6) is 0 Å². The molecule has 2 aliphatic rings. The van der Waals surface area contributed by atoms with Crippen LogP contribution in [0.4, 0.5) is 0 Å². The van der Waals surface area contributed by atoms with E-state index < -0.39 is 0 Å². The van der Waals surface area contributed by atoms with Crippen LogP contribution in [0.1, 0.15) is 47.1 Å². The monoisotopic (exact) mass is 403 g/mol. The van der Waals surface area contributed by atoms with Gasteiger partial charge < -0.3 is 9.80 Å². The molecule has 1 aromatic heterocycles. The molecule has 1 atom stereocenters. The Labute approximate surface area is 180 Å². The maximum absolute atomic E-state index is 12.9. The van der Waals surface area contributed by atoms with Gasteiger partial charge in [-0.3, -0.25) is 9.78 Å². The molecule has 158 valence electrons. The third-order valence-corrected chi connectivity index (χ3v) is 6.57. The van der Waals surface area contributed by atoms with Crippen LogP contribution in [0.15, 0.2) is 42.9 Å². The van der Waals surface area contributed by atoms with E-state index >= 15 is 0 Å². The average molecular weight is 404 g/mol. The van der Waals surface area contributed by atoms with Gasteiger partial charge in [-0.15, -0.1) is 0 Å². The van der Waals surface area contributed by atoms with Crippen molar-refractivity contribution in [3.63, 3.8) is 0 Å². The lowest BCUT2D eigenvalue weighted by molar-refractivity contribution is -0.128. The van der Waals surface area contributed by atoms with Gasteiger partial charge in [0.2, 0.25) is 5.91 Å². The topological polar surface area (TPSA) is 36.4 Å². The van der Waals surface area contributed by atoms with E-state index in [9.17, 15) is 4.79 Å². The lowest BCUT2D eigenvalue weighted by atomic mass is 9.96. The number of piperidine rings is 1. The van der Waals surface area contributed by atoms with Crippen molar-refractivity contribution in [3.05, 3.63) is 70.7 Å². The summed E-state index contributed by atoms with van der Waals surface area (Å²) in [4.78, 5) is 21.7. The molecule has 4 heteroatoms. The van der Waals surface area contributed by atoms with Crippen molar-refractivity contribution in [2.45, 2.75) is 46.0 Å². The van der Waals surface area contributed by atoms with E-state index in [0.717, 1.165) is 38.0 Å². The molecule has 0 saturated carbocycles. The van der Waals surface area contributed by atoms with Gasteiger partial charge in [-0.2, -0.15) is 0 Å². The van der Waals surface area contributed by atoms with Gasteiger partial charge in [0.1, 0.15) is 0 Å². The molecule has 1 fully saturated rings. The Morgan fingerprint density at radius 2 is 2.07 bits per heavy atom. The Bertz CT molecular complexity index is 906. The number of amides is 1. The third-order valence-electron chi connectivity index (χ3n) is 6.57. The van der Waals surface area contributed by atoms with Crippen molar-refractivity contribution < 1.29 is 4.79 Å². The van der Waals surface area contributed by atoms with Gasteiger partial charge in [0, 0.05) is 31.7 Å². The van der Waals surface area contributed by atoms with Crippen LogP contribution >= 0.6 is 0 Å². The highest BCUT2D eigenvalue weighted by Crippen LogP contribution is 2.24. The average Bonchev–Trinajstić information content (AvgIpc) is 2.88. The van der Waals surface area contributed by atoms with Crippen LogP contribution in [0, 0.1) is 19.8 Å². The maximum Gasteiger partial charge on any atom is 0.230 e. The molecule has 4 nitrogen and oxygen atoms in total. The number of carbonyl (C=O) groups excluding carboxylic acids is 1. The number of hydrogen-bond donors (Lipinski definition) is 0. The Morgan fingerprint density at radius 3 is 2.90 bits per heavy atom. The normalized spacial score (nSPS) is 19.6. The van der Waals surface area contributed by atoms with Gasteiger partial charge in [0.05, 0.1) is 6.42 Å². The Balaban J connectivity index is 1.31. The Kier molecular flexibility index (Phi) is 6.63. The molecule has 0 N–H and O–H groups in total. The molecule has 4 rings (SSSR count).